The van der Waals surface area contributed by atoms with Crippen LogP contribution in [0.15, 0.2) is 65.6 Å². The van der Waals surface area contributed by atoms with Gasteiger partial charge in [-0.25, -0.2) is 8.42 Å². The van der Waals surface area contributed by atoms with Gasteiger partial charge in [-0.15, -0.1) is 0 Å². The summed E-state index contributed by atoms with van der Waals surface area (Å²) < 4.78 is 28.9. The van der Waals surface area contributed by atoms with Gasteiger partial charge >= 0.3 is 0 Å². The molecule has 0 heterocycles. The number of rotatable bonds is 12. The van der Waals surface area contributed by atoms with Crippen molar-refractivity contribution < 1.29 is 18.0 Å². The molecule has 0 spiro atoms. The van der Waals surface area contributed by atoms with Crippen molar-refractivity contribution in [1.82, 2.24) is 10.2 Å². The normalized spacial score (nSPS) is 12.9. The second-order valence-electron chi connectivity index (χ2n) is 9.90. The van der Waals surface area contributed by atoms with E-state index in [-0.39, 0.29) is 45.5 Å². The summed E-state index contributed by atoms with van der Waals surface area (Å²) in [7, 11) is -4.30. The fourth-order valence-corrected chi connectivity index (χ4v) is 6.57. The molecule has 1 N–H and O–H groups in total. The fraction of sp³-hybridized carbons (Fsp3) is 0.333. The van der Waals surface area contributed by atoms with Crippen molar-refractivity contribution >= 4 is 73.9 Å². The number of nitrogens with one attached hydrogen (secondary N) is 1. The molecular weight excluding hydrogens is 640 g/mol. The van der Waals surface area contributed by atoms with Crippen molar-refractivity contribution in [2.45, 2.75) is 64.1 Å². The Hall–Kier alpha value is -2.49. The van der Waals surface area contributed by atoms with Gasteiger partial charge in [0.1, 0.15) is 12.6 Å². The molecule has 0 aliphatic rings. The van der Waals surface area contributed by atoms with Crippen LogP contribution in [0.5, 0.6) is 0 Å². The first-order chi connectivity index (χ1) is 19.8. The van der Waals surface area contributed by atoms with Gasteiger partial charge in [0.15, 0.2) is 0 Å². The van der Waals surface area contributed by atoms with Crippen LogP contribution in [0.3, 0.4) is 0 Å². The number of hydrogen-bond donors (Lipinski definition) is 1. The van der Waals surface area contributed by atoms with E-state index in [1.54, 1.807) is 43.3 Å². The molecule has 226 valence electrons. The summed E-state index contributed by atoms with van der Waals surface area (Å²) in [6, 6.07) is 14.6. The zero-order chi connectivity index (χ0) is 31.2. The predicted octanol–water partition coefficient (Wildman–Crippen LogP) is 7.53. The largest absolute Gasteiger partial charge is 0.352 e. The lowest BCUT2D eigenvalue weighted by atomic mass is 10.1. The highest BCUT2D eigenvalue weighted by Gasteiger charge is 2.35. The lowest BCUT2D eigenvalue weighted by Crippen LogP contribution is -2.53. The number of hydrogen-bond acceptors (Lipinski definition) is 4. The minimum atomic E-state index is -4.30. The van der Waals surface area contributed by atoms with E-state index in [0.29, 0.717) is 22.0 Å². The van der Waals surface area contributed by atoms with Crippen molar-refractivity contribution in [1.29, 1.82) is 0 Å². The summed E-state index contributed by atoms with van der Waals surface area (Å²) >= 11 is 25.3. The Morgan fingerprint density at radius 2 is 1.57 bits per heavy atom. The molecule has 0 aliphatic heterocycles. The highest BCUT2D eigenvalue weighted by Crippen LogP contribution is 2.36. The Morgan fingerprint density at radius 1 is 0.905 bits per heavy atom. The van der Waals surface area contributed by atoms with Gasteiger partial charge in [-0.1, -0.05) is 90.1 Å². The van der Waals surface area contributed by atoms with Crippen LogP contribution >= 0.6 is 46.4 Å². The minimum absolute atomic E-state index is 0.0275. The predicted molar refractivity (Wildman–Crippen MR) is 171 cm³/mol. The number of benzene rings is 3. The molecule has 0 saturated carbocycles. The summed E-state index contributed by atoms with van der Waals surface area (Å²) in [6.07, 6.45) is 0.955. The van der Waals surface area contributed by atoms with Crippen LogP contribution in [-0.4, -0.2) is 43.8 Å². The van der Waals surface area contributed by atoms with Gasteiger partial charge in [0.05, 0.1) is 20.6 Å². The van der Waals surface area contributed by atoms with E-state index in [2.05, 4.69) is 5.32 Å². The van der Waals surface area contributed by atoms with Gasteiger partial charge in [0, 0.05) is 22.6 Å². The van der Waals surface area contributed by atoms with Crippen LogP contribution in [0.1, 0.15) is 44.7 Å². The molecule has 2 amide bonds. The number of anilines is 1. The number of nitrogens with zero attached hydrogens (tertiary/aromatic N) is 2. The summed E-state index contributed by atoms with van der Waals surface area (Å²) in [4.78, 5) is 28.9. The first kappa shape index (κ1) is 34.0. The maximum Gasteiger partial charge on any atom is 0.264 e. The average molecular weight is 673 g/mol. The summed E-state index contributed by atoms with van der Waals surface area (Å²) in [6.45, 7) is 6.69. The number of amides is 2. The van der Waals surface area contributed by atoms with Crippen LogP contribution in [0.25, 0.3) is 0 Å². The highest BCUT2D eigenvalue weighted by atomic mass is 35.5. The second-order valence-corrected chi connectivity index (χ2v) is 13.4. The van der Waals surface area contributed by atoms with Crippen LogP contribution in [0, 0.1) is 6.92 Å². The molecule has 0 bridgehead atoms. The molecule has 0 saturated heterocycles. The maximum absolute atomic E-state index is 14.2. The third-order valence-electron chi connectivity index (χ3n) is 6.83. The van der Waals surface area contributed by atoms with E-state index in [4.69, 9.17) is 46.4 Å². The molecular formula is C30H33Cl4N3O4S. The zero-order valence-corrected chi connectivity index (χ0v) is 27.5. The minimum Gasteiger partial charge on any atom is -0.352 e. The topological polar surface area (TPSA) is 86.8 Å². The standard InChI is InChI=1S/C30H33Cl4N3O4S/c1-5-20(4)35-30(39)26(6-2)36(17-21-12-13-22(31)16-25(21)33)28(38)18-37(27-9-7-8-24(32)29(27)34)42(40,41)23-14-10-19(3)11-15-23/h7-16,20,26H,5-6,17-18H2,1-4H3,(H,35,39)/t20-,26+/m0/s1. The molecule has 0 unspecified atom stereocenters. The summed E-state index contributed by atoms with van der Waals surface area (Å²) in [5.74, 6) is -1.00. The van der Waals surface area contributed by atoms with E-state index in [9.17, 15) is 18.0 Å². The Bertz CT molecular complexity index is 1530. The number of carbonyl (C=O) groups excluding carboxylic acids is 2. The molecule has 42 heavy (non-hydrogen) atoms. The Balaban J connectivity index is 2.13. The van der Waals surface area contributed by atoms with E-state index in [0.717, 1.165) is 9.87 Å². The second kappa shape index (κ2) is 14.8. The molecule has 0 aromatic heterocycles. The van der Waals surface area contributed by atoms with Crippen LogP contribution in [0.2, 0.25) is 20.1 Å². The van der Waals surface area contributed by atoms with E-state index in [1.165, 1.54) is 29.2 Å². The lowest BCUT2D eigenvalue weighted by molar-refractivity contribution is -0.140. The SMILES string of the molecule is CC[C@H](C(=O)N[C@@H](C)CC)N(Cc1ccc(Cl)cc1Cl)C(=O)CN(c1cccc(Cl)c1Cl)S(=O)(=O)c1ccc(C)cc1. The van der Waals surface area contributed by atoms with Crippen molar-refractivity contribution in [2.24, 2.45) is 0 Å². The van der Waals surface area contributed by atoms with Crippen molar-refractivity contribution in [2.75, 3.05) is 10.8 Å². The molecule has 0 radical (unpaired) electrons. The van der Waals surface area contributed by atoms with Gasteiger partial charge in [-0.2, -0.15) is 0 Å². The van der Waals surface area contributed by atoms with Gasteiger partial charge < -0.3 is 10.2 Å². The maximum atomic E-state index is 14.2. The monoisotopic (exact) mass is 671 g/mol. The van der Waals surface area contributed by atoms with Gasteiger partial charge in [-0.3, -0.25) is 13.9 Å². The third kappa shape index (κ3) is 8.11. The van der Waals surface area contributed by atoms with E-state index in [1.807, 2.05) is 20.8 Å². The van der Waals surface area contributed by atoms with Crippen LogP contribution in [-0.2, 0) is 26.2 Å². The quantitative estimate of drug-likeness (QED) is 0.216. The number of sulfonamides is 1. The van der Waals surface area contributed by atoms with Crippen molar-refractivity contribution in [3.05, 3.63) is 91.9 Å². The van der Waals surface area contributed by atoms with Crippen molar-refractivity contribution in [3.63, 3.8) is 0 Å². The Labute approximate surface area is 267 Å². The van der Waals surface area contributed by atoms with Gasteiger partial charge in [0.2, 0.25) is 11.8 Å². The molecule has 3 rings (SSSR count). The number of aryl methyl sites for hydroxylation is 1. The average Bonchev–Trinajstić information content (AvgIpc) is 2.94. The van der Waals surface area contributed by atoms with E-state index < -0.39 is 28.5 Å². The number of halogens is 4. The molecule has 0 aliphatic carbocycles. The first-order valence-corrected chi connectivity index (χ1v) is 16.3. The smallest absolute Gasteiger partial charge is 0.264 e. The fourth-order valence-electron chi connectivity index (χ4n) is 4.23. The highest BCUT2D eigenvalue weighted by molar-refractivity contribution is 7.92. The molecule has 12 heteroatoms. The van der Waals surface area contributed by atoms with Gasteiger partial charge in [0.25, 0.3) is 10.0 Å². The molecule has 7 nitrogen and oxygen atoms in total. The zero-order valence-electron chi connectivity index (χ0n) is 23.7. The van der Waals surface area contributed by atoms with Crippen LogP contribution < -0.4 is 9.62 Å². The molecule has 2 atom stereocenters. The van der Waals surface area contributed by atoms with Crippen LogP contribution in [0.4, 0.5) is 5.69 Å². The number of carbonyl (C=O) groups is 2. The van der Waals surface area contributed by atoms with Crippen molar-refractivity contribution in [3.8, 4) is 0 Å². The lowest BCUT2D eigenvalue weighted by Gasteiger charge is -2.34. The van der Waals surface area contributed by atoms with Gasteiger partial charge in [-0.05, 0) is 68.7 Å². The molecule has 3 aromatic carbocycles. The summed E-state index contributed by atoms with van der Waals surface area (Å²) in [5, 5.41) is 3.74. The Kier molecular flexibility index (Phi) is 12.0. The molecule has 3 aromatic rings. The molecule has 0 fully saturated rings. The van der Waals surface area contributed by atoms with E-state index >= 15 is 0 Å². The Morgan fingerprint density at radius 3 is 2.17 bits per heavy atom. The third-order valence-corrected chi connectivity index (χ3v) is 10.0. The first-order valence-electron chi connectivity index (χ1n) is 13.4. The summed E-state index contributed by atoms with van der Waals surface area (Å²) in [5.41, 5.74) is 1.43.